The van der Waals surface area contributed by atoms with Crippen molar-refractivity contribution in [2.24, 2.45) is 0 Å². The van der Waals surface area contributed by atoms with Gasteiger partial charge in [-0.1, -0.05) is 77.1 Å². The minimum Gasteiger partial charge on any atom is -0.462 e. The zero-order chi connectivity index (χ0) is 91.6. The molecule has 0 aromatic carbocycles. The molecule has 0 heterocycles. The maximum Gasteiger partial charge on any atom is 0.320 e. The fraction of sp³-hybridized carbons (Fsp3) is 0.762. The lowest BCUT2D eigenvalue weighted by atomic mass is 10.0. The highest BCUT2D eigenvalue weighted by Crippen LogP contribution is 2.26. The number of carbonyl (C=O) groups excluding carboxylic acids is 8. The minimum atomic E-state index is -1.23. The van der Waals surface area contributed by atoms with Crippen LogP contribution in [0.25, 0.3) is 0 Å². The Morgan fingerprint density at radius 3 is 0.967 bits per heavy atom. The molecular formula is C84H141Cl4N6O20S6+. The van der Waals surface area contributed by atoms with E-state index in [1.165, 1.54) is 12.2 Å². The summed E-state index contributed by atoms with van der Waals surface area (Å²) >= 11 is 31.9. The maximum atomic E-state index is 13.3. The molecule has 0 aliphatic heterocycles. The summed E-state index contributed by atoms with van der Waals surface area (Å²) in [6.07, 6.45) is 41.2. The first-order valence-electron chi connectivity index (χ1n) is 39.8. The van der Waals surface area contributed by atoms with E-state index in [4.69, 9.17) is 132 Å². The lowest BCUT2D eigenvalue weighted by Gasteiger charge is -2.31. The van der Waals surface area contributed by atoms with Crippen molar-refractivity contribution in [3.8, 4) is 74.1 Å². The molecule has 0 fully saturated rings. The molecule has 0 aromatic rings. The van der Waals surface area contributed by atoms with Crippen molar-refractivity contribution in [2.45, 2.75) is 203 Å². The second kappa shape index (κ2) is 84.6. The largest absolute Gasteiger partial charge is 0.462 e. The predicted octanol–water partition coefficient (Wildman–Crippen LogP) is 8.71. The molecule has 0 spiro atoms. The van der Waals surface area contributed by atoms with Gasteiger partial charge in [-0.15, -0.1) is 73.3 Å². The van der Waals surface area contributed by atoms with Crippen LogP contribution in [0.15, 0.2) is 0 Å². The Labute approximate surface area is 764 Å². The van der Waals surface area contributed by atoms with Gasteiger partial charge in [0.25, 0.3) is 0 Å². The van der Waals surface area contributed by atoms with Crippen LogP contribution in [0, 0.1) is 74.1 Å². The average molecular weight is 1890 g/mol. The van der Waals surface area contributed by atoms with E-state index >= 15 is 0 Å². The van der Waals surface area contributed by atoms with Gasteiger partial charge >= 0.3 is 23.9 Å². The van der Waals surface area contributed by atoms with Gasteiger partial charge in [0.2, 0.25) is 23.0 Å². The molecule has 0 rings (SSSR count). The summed E-state index contributed by atoms with van der Waals surface area (Å²) in [5, 5.41) is 33.7. The summed E-state index contributed by atoms with van der Waals surface area (Å²) in [5.74, 6) is 20.3. The normalized spacial score (nSPS) is 12.3. The lowest BCUT2D eigenvalue weighted by molar-refractivity contribution is -0.485. The summed E-state index contributed by atoms with van der Waals surface area (Å²) in [6.45, 7) is 22.4. The second-order valence-corrected chi connectivity index (χ2v) is 37.3. The Bertz CT molecular complexity index is 2880. The SMILES string of the molecule is C#CCOCC(C)([NH3+])COCC#C.C#CCOCC(COCC#C)NCC(=O)OCC(C)(COC(=O)CNC(C)(COCC#C)COCC#C)NC(=O)CCC(CSCCC)SCCC.CCCSCC(CCC(=O)NC(C)(CO)CO)SCCC.CCCSCC(CCC(=O)NC(C)(COC(=O)CCl)COC(=O)CCl)SCCC.O=C(Cl)CCl. The van der Waals surface area contributed by atoms with Gasteiger partial charge in [-0.2, -0.15) is 70.6 Å². The van der Waals surface area contributed by atoms with Crippen molar-refractivity contribution in [1.29, 1.82) is 0 Å². The van der Waals surface area contributed by atoms with Gasteiger partial charge < -0.3 is 79.3 Å². The molecule has 10 N–H and O–H groups in total. The Hall–Kier alpha value is -3.86. The van der Waals surface area contributed by atoms with Gasteiger partial charge in [-0.25, -0.2) is 0 Å². The first-order valence-corrected chi connectivity index (χ1v) is 48.4. The van der Waals surface area contributed by atoms with Gasteiger partial charge in [0.15, 0.2) is 0 Å². The van der Waals surface area contributed by atoms with Crippen LogP contribution < -0.4 is 32.3 Å². The van der Waals surface area contributed by atoms with Crippen LogP contribution in [0.3, 0.4) is 0 Å². The van der Waals surface area contributed by atoms with Crippen molar-refractivity contribution in [3.05, 3.63) is 0 Å². The molecule has 0 aliphatic carbocycles. The third-order valence-electron chi connectivity index (χ3n) is 14.9. The van der Waals surface area contributed by atoms with Crippen molar-refractivity contribution >= 4 is 164 Å². The number of alkyl halides is 3. The number of ether oxygens (including phenoxy) is 10. The van der Waals surface area contributed by atoms with Gasteiger partial charge in [0, 0.05) is 52.3 Å². The first-order chi connectivity index (χ1) is 57.2. The minimum absolute atomic E-state index is 0.0819. The smallest absolute Gasteiger partial charge is 0.320 e. The monoisotopic (exact) mass is 1890 g/mol. The van der Waals surface area contributed by atoms with E-state index in [1.807, 2.05) is 77.5 Å². The lowest BCUT2D eigenvalue weighted by Crippen LogP contribution is -2.75. The number of amides is 3. The van der Waals surface area contributed by atoms with E-state index in [0.29, 0.717) is 61.4 Å². The third kappa shape index (κ3) is 81.2. The Kier molecular flexibility index (Phi) is 87.9. The van der Waals surface area contributed by atoms with E-state index in [-0.39, 0.29) is 159 Å². The molecule has 120 heavy (non-hydrogen) atoms. The van der Waals surface area contributed by atoms with E-state index < -0.39 is 51.3 Å². The van der Waals surface area contributed by atoms with Gasteiger partial charge in [-0.3, -0.25) is 49.0 Å². The zero-order valence-corrected chi connectivity index (χ0v) is 80.7. The number of rotatable bonds is 70. The number of aliphatic hydroxyl groups is 2. The number of nitrogens with one attached hydrogen (secondary N) is 5. The van der Waals surface area contributed by atoms with Crippen LogP contribution in [0.4, 0.5) is 0 Å². The number of terminal acetylenes is 6. The molecule has 690 valence electrons. The molecule has 36 heteroatoms. The molecule has 0 saturated carbocycles. The molecule has 0 saturated heterocycles. The summed E-state index contributed by atoms with van der Waals surface area (Å²) in [7, 11) is 0. The van der Waals surface area contributed by atoms with Crippen LogP contribution >= 0.6 is 117 Å². The standard InChI is InChI=1S/C38H59N3O9S2.C19H33Cl2NO5S2.C15H31NO3S2.C10H15NO2.C2H2Cl2O/c1-9-17-45-25-32(26-46-18-10-2)39-23-35(43)49-30-38(8,41-34(42)16-15-33(52-22-14-6)27-51-21-13-5)31-50-36(44)24-40-37(7,28-47-19-11-3)29-48-20-12-4;1-4-8-28-12-15(29-9-5-2)6-7-16(23)22-19(3,13-26-17(24)10-20)14-27-18(25)11-21;1-4-8-20-10-13(21-9-5-2)6-7-14(19)16-15(3,11-17)12-18;1-4-6-12-8-10(3,11)9-13-7-5-2;3-1-2(4)5/h1-4,32-33,39-40H,13-31H2,5-8H3,(H,41,42);15H,4-14H2,1-3H3,(H,22,23);13,17-18H,4-12H2,1-3H3,(H,16,19);1-2H,6-9,11H2,3H3;1H2/p+1. The van der Waals surface area contributed by atoms with Crippen molar-refractivity contribution < 1.29 is 102 Å². The second-order valence-electron chi connectivity index (χ2n) is 28.4. The summed E-state index contributed by atoms with van der Waals surface area (Å²) in [4.78, 5) is 95.7. The molecule has 0 aromatic heterocycles. The predicted molar refractivity (Wildman–Crippen MR) is 498 cm³/mol. The van der Waals surface area contributed by atoms with E-state index in [2.05, 4.69) is 109 Å². The number of halogens is 4. The van der Waals surface area contributed by atoms with Crippen LogP contribution in [0.2, 0.25) is 0 Å². The highest BCUT2D eigenvalue weighted by Gasteiger charge is 2.34. The summed E-state index contributed by atoms with van der Waals surface area (Å²) < 4.78 is 53.3. The molecule has 0 radical (unpaired) electrons. The van der Waals surface area contributed by atoms with Crippen LogP contribution in [-0.2, 0) is 85.7 Å². The summed E-state index contributed by atoms with van der Waals surface area (Å²) in [5.41, 5.74) is -0.358. The van der Waals surface area contributed by atoms with Gasteiger partial charge in [-0.05, 0) is 139 Å². The highest BCUT2D eigenvalue weighted by molar-refractivity contribution is 8.04. The van der Waals surface area contributed by atoms with Crippen molar-refractivity contribution in [3.63, 3.8) is 0 Å². The Balaban J connectivity index is -0.000000539. The van der Waals surface area contributed by atoms with Crippen LogP contribution in [0.1, 0.15) is 153 Å². The fourth-order valence-electron chi connectivity index (χ4n) is 8.91. The Morgan fingerprint density at radius 1 is 0.400 bits per heavy atom. The molecule has 4 atom stereocenters. The topological polar surface area (TPSA) is 357 Å². The zero-order valence-electron chi connectivity index (χ0n) is 72.8. The molecule has 0 bridgehead atoms. The van der Waals surface area contributed by atoms with Gasteiger partial charge in [0.05, 0.1) is 75.7 Å². The summed E-state index contributed by atoms with van der Waals surface area (Å²) in [6, 6.07) is -0.387. The van der Waals surface area contributed by atoms with Crippen LogP contribution in [0.5, 0.6) is 0 Å². The quantitative estimate of drug-likeness (QED) is 0.00704. The molecule has 4 unspecified atom stereocenters. The van der Waals surface area contributed by atoms with E-state index in [1.54, 1.807) is 27.7 Å². The number of hydrogen-bond acceptors (Lipinski definition) is 28. The first kappa shape index (κ1) is 125. The number of thioether (sulfide) groups is 6. The van der Waals surface area contributed by atoms with E-state index in [9.17, 15) is 48.6 Å². The molecule has 0 aliphatic rings. The van der Waals surface area contributed by atoms with Crippen LogP contribution in [-0.4, -0.2) is 308 Å². The number of hydrogen-bond donors (Lipinski definition) is 8. The number of carbonyl (C=O) groups is 8. The third-order valence-corrected chi connectivity index (χ3v) is 25.1. The fourth-order valence-corrected chi connectivity index (χ4v) is 16.3. The average Bonchev–Trinajstić information content (AvgIpc) is 0.867. The highest BCUT2D eigenvalue weighted by atomic mass is 35.5. The van der Waals surface area contributed by atoms with Gasteiger partial charge in [0.1, 0.15) is 108 Å². The van der Waals surface area contributed by atoms with Crippen molar-refractivity contribution in [1.82, 2.24) is 26.6 Å². The number of esters is 4. The molecule has 3 amide bonds. The number of aliphatic hydroxyl groups excluding tert-OH is 2. The van der Waals surface area contributed by atoms with Crippen molar-refractivity contribution in [2.75, 3.05) is 201 Å². The number of quaternary nitrogens is 1. The maximum absolute atomic E-state index is 13.3. The molecule has 26 nitrogen and oxygen atoms in total. The van der Waals surface area contributed by atoms with E-state index in [0.717, 1.165) is 91.0 Å². The molecular weight excluding hydrogens is 1750 g/mol. The Morgan fingerprint density at radius 2 is 0.683 bits per heavy atom.